The van der Waals surface area contributed by atoms with Gasteiger partial charge in [0.25, 0.3) is 0 Å². The molecule has 0 aliphatic carbocycles. The van der Waals surface area contributed by atoms with Crippen molar-refractivity contribution in [1.29, 1.82) is 0 Å². The summed E-state index contributed by atoms with van der Waals surface area (Å²) < 4.78 is 20.5. The summed E-state index contributed by atoms with van der Waals surface area (Å²) in [5, 5.41) is 0. The monoisotopic (exact) mass is 234 g/mol. The highest BCUT2D eigenvalue weighted by atomic mass is 28.4. The van der Waals surface area contributed by atoms with E-state index in [2.05, 4.69) is 6.58 Å². The van der Waals surface area contributed by atoms with E-state index in [-0.39, 0.29) is 6.79 Å². The first kappa shape index (κ1) is 14.3. The second-order valence-electron chi connectivity index (χ2n) is 2.77. The second-order valence-corrected chi connectivity index (χ2v) is 5.74. The smallest absolute Gasteiger partial charge is 0.436 e. The second kappa shape index (κ2) is 7.58. The van der Waals surface area contributed by atoms with Crippen LogP contribution in [0.25, 0.3) is 0 Å². The molecule has 0 aliphatic rings. The summed E-state index contributed by atoms with van der Waals surface area (Å²) in [6.45, 7) is 5.10. The fourth-order valence-electron chi connectivity index (χ4n) is 1.02. The number of hydrogen-bond donors (Lipinski definition) is 0. The number of esters is 1. The molecular formula is C9H18O5Si. The first-order valence-corrected chi connectivity index (χ1v) is 6.60. The average molecular weight is 234 g/mol. The third kappa shape index (κ3) is 5.08. The van der Waals surface area contributed by atoms with Gasteiger partial charge in [0.15, 0.2) is 6.79 Å². The van der Waals surface area contributed by atoms with Crippen LogP contribution in [0, 0.1) is 0 Å². The Hall–Kier alpha value is -0.693. The highest BCUT2D eigenvalue weighted by molar-refractivity contribution is 6.60. The SMILES string of the molecule is C=CC(=O)OCO[Si](CCC)(OC)OC. The number of ether oxygens (including phenoxy) is 1. The molecule has 15 heavy (non-hydrogen) atoms. The molecule has 0 amide bonds. The normalized spacial score (nSPS) is 11.1. The van der Waals surface area contributed by atoms with Crippen molar-refractivity contribution in [3.63, 3.8) is 0 Å². The Morgan fingerprint density at radius 3 is 2.40 bits per heavy atom. The fourth-order valence-corrected chi connectivity index (χ4v) is 2.83. The van der Waals surface area contributed by atoms with Crippen LogP contribution in [0.15, 0.2) is 12.7 Å². The Balaban J connectivity index is 4.05. The summed E-state index contributed by atoms with van der Waals surface area (Å²) in [6.07, 6.45) is 1.95. The Bertz CT molecular complexity index is 203. The van der Waals surface area contributed by atoms with Crippen LogP contribution in [-0.4, -0.2) is 35.8 Å². The zero-order chi connectivity index (χ0) is 11.7. The van der Waals surface area contributed by atoms with Gasteiger partial charge in [0, 0.05) is 26.3 Å². The van der Waals surface area contributed by atoms with Crippen molar-refractivity contribution in [2.45, 2.75) is 19.4 Å². The lowest BCUT2D eigenvalue weighted by Gasteiger charge is -2.25. The molecule has 0 radical (unpaired) electrons. The van der Waals surface area contributed by atoms with Crippen molar-refractivity contribution in [1.82, 2.24) is 0 Å². The van der Waals surface area contributed by atoms with Crippen LogP contribution >= 0.6 is 0 Å². The highest BCUT2D eigenvalue weighted by Crippen LogP contribution is 2.15. The minimum Gasteiger partial charge on any atom is -0.436 e. The molecule has 88 valence electrons. The minimum absolute atomic E-state index is 0.168. The van der Waals surface area contributed by atoms with Crippen molar-refractivity contribution in [2.24, 2.45) is 0 Å². The van der Waals surface area contributed by atoms with E-state index in [9.17, 15) is 4.79 Å². The molecule has 0 aromatic carbocycles. The van der Waals surface area contributed by atoms with Gasteiger partial charge in [-0.1, -0.05) is 19.9 Å². The fraction of sp³-hybridized carbons (Fsp3) is 0.667. The summed E-state index contributed by atoms with van der Waals surface area (Å²) in [6, 6.07) is 0.686. The number of carbonyl (C=O) groups excluding carboxylic acids is 1. The summed E-state index contributed by atoms with van der Waals surface area (Å²) in [5.41, 5.74) is 0. The lowest BCUT2D eigenvalue weighted by atomic mass is 10.6. The van der Waals surface area contributed by atoms with Gasteiger partial charge in [-0.3, -0.25) is 0 Å². The molecular weight excluding hydrogens is 216 g/mol. The van der Waals surface area contributed by atoms with Crippen LogP contribution in [-0.2, 0) is 22.8 Å². The van der Waals surface area contributed by atoms with Crippen LogP contribution in [0.3, 0.4) is 0 Å². The van der Waals surface area contributed by atoms with Crippen LogP contribution in [0.2, 0.25) is 6.04 Å². The highest BCUT2D eigenvalue weighted by Gasteiger charge is 2.38. The lowest BCUT2D eigenvalue weighted by molar-refractivity contribution is -0.146. The van der Waals surface area contributed by atoms with Gasteiger partial charge in [0.05, 0.1) is 0 Å². The molecule has 0 N–H and O–H groups in total. The summed E-state index contributed by atoms with van der Waals surface area (Å²) in [5.74, 6) is -0.526. The first-order chi connectivity index (χ1) is 7.14. The molecule has 0 saturated carbocycles. The summed E-state index contributed by atoms with van der Waals surface area (Å²) >= 11 is 0. The van der Waals surface area contributed by atoms with Crippen LogP contribution in [0.4, 0.5) is 0 Å². The molecule has 0 spiro atoms. The number of carbonyl (C=O) groups is 1. The zero-order valence-corrected chi connectivity index (χ0v) is 10.4. The molecule has 0 heterocycles. The van der Waals surface area contributed by atoms with Crippen LogP contribution < -0.4 is 0 Å². The molecule has 0 aromatic rings. The van der Waals surface area contributed by atoms with Crippen molar-refractivity contribution >= 4 is 14.8 Å². The molecule has 0 bridgehead atoms. The molecule has 0 rings (SSSR count). The minimum atomic E-state index is -2.63. The topological polar surface area (TPSA) is 54.0 Å². The predicted octanol–water partition coefficient (Wildman–Crippen LogP) is 1.33. The largest absolute Gasteiger partial charge is 0.502 e. The van der Waals surface area contributed by atoms with Gasteiger partial charge < -0.3 is 18.0 Å². The maximum absolute atomic E-state index is 10.7. The van der Waals surface area contributed by atoms with Gasteiger partial charge in [-0.25, -0.2) is 4.79 Å². The molecule has 0 aromatic heterocycles. The molecule has 0 aliphatic heterocycles. The van der Waals surface area contributed by atoms with Gasteiger partial charge in [-0.2, -0.15) is 0 Å². The third-order valence-electron chi connectivity index (χ3n) is 1.82. The molecule has 0 saturated heterocycles. The van der Waals surface area contributed by atoms with Crippen LogP contribution in [0.1, 0.15) is 13.3 Å². The Labute approximate surface area is 91.3 Å². The Morgan fingerprint density at radius 2 is 2.00 bits per heavy atom. The standard InChI is InChI=1S/C9H18O5Si/c1-5-7-15(11-3,12-4)14-8-13-9(10)6-2/h6H,2,5,7-8H2,1,3-4H3. The van der Waals surface area contributed by atoms with Gasteiger partial charge in [-0.15, -0.1) is 0 Å². The summed E-state index contributed by atoms with van der Waals surface area (Å²) in [4.78, 5) is 10.7. The van der Waals surface area contributed by atoms with E-state index >= 15 is 0 Å². The van der Waals surface area contributed by atoms with Gasteiger partial charge in [0.2, 0.25) is 0 Å². The maximum Gasteiger partial charge on any atom is 0.502 e. The van der Waals surface area contributed by atoms with Crippen molar-refractivity contribution in [2.75, 3.05) is 21.0 Å². The molecule has 6 heteroatoms. The third-order valence-corrected chi connectivity index (χ3v) is 4.74. The Kier molecular flexibility index (Phi) is 7.23. The number of hydrogen-bond acceptors (Lipinski definition) is 5. The quantitative estimate of drug-likeness (QED) is 0.274. The van der Waals surface area contributed by atoms with Gasteiger partial charge >= 0.3 is 14.8 Å². The van der Waals surface area contributed by atoms with E-state index < -0.39 is 14.8 Å². The molecule has 0 atom stereocenters. The zero-order valence-electron chi connectivity index (χ0n) is 9.45. The van der Waals surface area contributed by atoms with E-state index in [0.29, 0.717) is 6.04 Å². The average Bonchev–Trinajstić information content (AvgIpc) is 2.27. The molecule has 0 fully saturated rings. The van der Waals surface area contributed by atoms with E-state index in [4.69, 9.17) is 18.0 Å². The molecule has 0 unspecified atom stereocenters. The maximum atomic E-state index is 10.7. The molecule has 5 nitrogen and oxygen atoms in total. The van der Waals surface area contributed by atoms with Crippen LogP contribution in [0.5, 0.6) is 0 Å². The van der Waals surface area contributed by atoms with E-state index in [1.165, 1.54) is 14.2 Å². The van der Waals surface area contributed by atoms with Crippen molar-refractivity contribution in [3.05, 3.63) is 12.7 Å². The van der Waals surface area contributed by atoms with E-state index in [1.807, 2.05) is 6.92 Å². The van der Waals surface area contributed by atoms with E-state index in [0.717, 1.165) is 12.5 Å². The van der Waals surface area contributed by atoms with Crippen molar-refractivity contribution < 1.29 is 22.8 Å². The van der Waals surface area contributed by atoms with Gasteiger partial charge in [-0.05, 0) is 0 Å². The van der Waals surface area contributed by atoms with Crippen molar-refractivity contribution in [3.8, 4) is 0 Å². The predicted molar refractivity (Wildman–Crippen MR) is 57.1 cm³/mol. The lowest BCUT2D eigenvalue weighted by Crippen LogP contribution is -2.44. The first-order valence-electron chi connectivity index (χ1n) is 4.67. The number of rotatable bonds is 8. The summed E-state index contributed by atoms with van der Waals surface area (Å²) in [7, 11) is 0.422. The van der Waals surface area contributed by atoms with E-state index in [1.54, 1.807) is 0 Å². The Morgan fingerprint density at radius 1 is 1.40 bits per heavy atom. The van der Waals surface area contributed by atoms with Gasteiger partial charge in [0.1, 0.15) is 0 Å².